The van der Waals surface area contributed by atoms with Gasteiger partial charge in [0.1, 0.15) is 0 Å². The van der Waals surface area contributed by atoms with Gasteiger partial charge in [-0.05, 0) is 36.8 Å². The van der Waals surface area contributed by atoms with E-state index in [1.54, 1.807) is 0 Å². The number of rotatable bonds is 4. The van der Waals surface area contributed by atoms with Crippen molar-refractivity contribution in [1.29, 1.82) is 0 Å². The molecule has 2 aliphatic heterocycles. The number of para-hydroxylation sites is 1. The quantitative estimate of drug-likeness (QED) is 0.773. The minimum Gasteiger partial charge on any atom is -0.324 e. The fourth-order valence-corrected chi connectivity index (χ4v) is 4.49. The number of likely N-dealkylation sites (tertiary alicyclic amines) is 1. The van der Waals surface area contributed by atoms with Crippen LogP contribution in [-0.2, 0) is 20.9 Å². The van der Waals surface area contributed by atoms with Crippen molar-refractivity contribution in [3.8, 4) is 0 Å². The number of nitrogens with zero attached hydrogens (tertiary/aromatic N) is 1. The summed E-state index contributed by atoms with van der Waals surface area (Å²) in [5.41, 5.74) is 1.47. The van der Waals surface area contributed by atoms with Gasteiger partial charge in [0.2, 0.25) is 17.7 Å². The van der Waals surface area contributed by atoms with Crippen molar-refractivity contribution >= 4 is 35.8 Å². The lowest BCUT2D eigenvalue weighted by Crippen LogP contribution is -2.40. The maximum Gasteiger partial charge on any atom is 0.241 e. The Kier molecular flexibility index (Phi) is 6.17. The van der Waals surface area contributed by atoms with Crippen LogP contribution < -0.4 is 10.6 Å². The third kappa shape index (κ3) is 4.17. The van der Waals surface area contributed by atoms with Gasteiger partial charge in [0.15, 0.2) is 0 Å². The Morgan fingerprint density at radius 1 is 1.11 bits per heavy atom. The lowest BCUT2D eigenvalue weighted by atomic mass is 9.85. The highest BCUT2D eigenvalue weighted by atomic mass is 35.5. The first-order valence-electron chi connectivity index (χ1n) is 9.60. The number of fused-ring (bicyclic) bond motifs is 1. The summed E-state index contributed by atoms with van der Waals surface area (Å²) in [5, 5.41) is 6.50. The predicted molar refractivity (Wildman–Crippen MR) is 104 cm³/mol. The Balaban J connectivity index is 0.00000210. The molecule has 1 aliphatic carbocycles. The predicted octanol–water partition coefficient (Wildman–Crippen LogP) is 2.62. The maximum atomic E-state index is 12.8. The van der Waals surface area contributed by atoms with Crippen molar-refractivity contribution in [2.45, 2.75) is 63.6 Å². The van der Waals surface area contributed by atoms with Crippen molar-refractivity contribution in [2.75, 3.05) is 5.32 Å². The topological polar surface area (TPSA) is 78.5 Å². The first kappa shape index (κ1) is 19.8. The van der Waals surface area contributed by atoms with Crippen LogP contribution >= 0.6 is 12.4 Å². The van der Waals surface area contributed by atoms with Gasteiger partial charge >= 0.3 is 0 Å². The normalized spacial score (nSPS) is 27.3. The third-order valence-electron chi connectivity index (χ3n) is 5.94. The third-order valence-corrected chi connectivity index (χ3v) is 5.94. The van der Waals surface area contributed by atoms with Gasteiger partial charge in [0.25, 0.3) is 0 Å². The summed E-state index contributed by atoms with van der Waals surface area (Å²) in [4.78, 5) is 37.8. The zero-order chi connectivity index (χ0) is 18.1. The molecule has 146 valence electrons. The van der Waals surface area contributed by atoms with Gasteiger partial charge in [-0.15, -0.1) is 12.4 Å². The Morgan fingerprint density at radius 3 is 2.56 bits per heavy atom. The van der Waals surface area contributed by atoms with E-state index >= 15 is 0 Å². The van der Waals surface area contributed by atoms with Crippen LogP contribution in [0.1, 0.15) is 50.5 Å². The van der Waals surface area contributed by atoms with Crippen LogP contribution in [0.25, 0.3) is 0 Å². The van der Waals surface area contributed by atoms with E-state index in [0.717, 1.165) is 18.4 Å². The van der Waals surface area contributed by atoms with E-state index in [0.29, 0.717) is 17.6 Å². The van der Waals surface area contributed by atoms with Crippen LogP contribution in [0.5, 0.6) is 0 Å². The van der Waals surface area contributed by atoms with E-state index in [-0.39, 0.29) is 55.6 Å². The molecule has 6 nitrogen and oxygen atoms in total. The highest BCUT2D eigenvalue weighted by molar-refractivity contribution is 6.02. The molecule has 3 fully saturated rings. The molecule has 0 bridgehead atoms. The second-order valence-corrected chi connectivity index (χ2v) is 7.63. The number of halogens is 1. The molecule has 1 aromatic rings. The largest absolute Gasteiger partial charge is 0.324 e. The molecule has 2 saturated heterocycles. The van der Waals surface area contributed by atoms with E-state index in [1.807, 2.05) is 24.3 Å². The van der Waals surface area contributed by atoms with E-state index in [9.17, 15) is 14.4 Å². The minimum atomic E-state index is -0.161. The van der Waals surface area contributed by atoms with Crippen LogP contribution in [0.2, 0.25) is 0 Å². The summed E-state index contributed by atoms with van der Waals surface area (Å²) in [7, 11) is 0. The molecule has 0 radical (unpaired) electrons. The number of hydrogen-bond acceptors (Lipinski definition) is 4. The molecule has 7 heteroatoms. The average Bonchev–Trinajstić information content (AvgIpc) is 3.21. The molecule has 2 heterocycles. The molecular weight excluding hydrogens is 366 g/mol. The summed E-state index contributed by atoms with van der Waals surface area (Å²) in [6.45, 7) is 0.220. The number of amides is 3. The van der Waals surface area contributed by atoms with E-state index < -0.39 is 0 Å². The number of imide groups is 1. The van der Waals surface area contributed by atoms with Gasteiger partial charge in [0.05, 0.1) is 12.6 Å². The van der Waals surface area contributed by atoms with Gasteiger partial charge in [0, 0.05) is 24.6 Å². The molecule has 3 unspecified atom stereocenters. The van der Waals surface area contributed by atoms with E-state index in [4.69, 9.17) is 0 Å². The summed E-state index contributed by atoms with van der Waals surface area (Å²) in [6.07, 6.45) is 6.31. The van der Waals surface area contributed by atoms with Gasteiger partial charge in [-0.25, -0.2) is 0 Å². The standard InChI is InChI=1S/C20H25N3O3.ClH/c24-18-9-10-19(25)23(18)12-14-6-2-4-8-16(14)22-20(26)17-11-13-5-1-3-7-15(13)21-17;/h2,4,6,8,13,15,17,21H,1,3,5,7,9-12H2,(H,22,26);1H. The molecule has 1 aromatic carbocycles. The van der Waals surface area contributed by atoms with Gasteiger partial charge in [-0.3, -0.25) is 19.3 Å². The van der Waals surface area contributed by atoms with Crippen molar-refractivity contribution < 1.29 is 14.4 Å². The molecule has 4 rings (SSSR count). The van der Waals surface area contributed by atoms with Gasteiger partial charge in [-0.2, -0.15) is 0 Å². The second kappa shape index (κ2) is 8.40. The zero-order valence-corrected chi connectivity index (χ0v) is 16.1. The van der Waals surface area contributed by atoms with Crippen LogP contribution in [0.3, 0.4) is 0 Å². The van der Waals surface area contributed by atoms with E-state index in [2.05, 4.69) is 10.6 Å². The molecule has 1 saturated carbocycles. The number of nitrogens with one attached hydrogen (secondary N) is 2. The van der Waals surface area contributed by atoms with Crippen LogP contribution in [-0.4, -0.2) is 34.7 Å². The highest BCUT2D eigenvalue weighted by Gasteiger charge is 2.38. The molecule has 0 spiro atoms. The molecular formula is C20H26ClN3O3. The molecule has 3 amide bonds. The average molecular weight is 392 g/mol. The number of benzene rings is 1. The Hall–Kier alpha value is -1.92. The highest BCUT2D eigenvalue weighted by Crippen LogP contribution is 2.33. The lowest BCUT2D eigenvalue weighted by Gasteiger charge is -2.24. The maximum absolute atomic E-state index is 12.8. The van der Waals surface area contributed by atoms with Crippen LogP contribution in [0, 0.1) is 5.92 Å². The Morgan fingerprint density at radius 2 is 1.81 bits per heavy atom. The number of carbonyl (C=O) groups excluding carboxylic acids is 3. The van der Waals surface area contributed by atoms with Crippen molar-refractivity contribution in [3.63, 3.8) is 0 Å². The van der Waals surface area contributed by atoms with Gasteiger partial charge in [-0.1, -0.05) is 31.0 Å². The molecule has 3 aliphatic rings. The fraction of sp³-hybridized carbons (Fsp3) is 0.550. The van der Waals surface area contributed by atoms with Gasteiger partial charge < -0.3 is 10.6 Å². The van der Waals surface area contributed by atoms with Crippen molar-refractivity contribution in [3.05, 3.63) is 29.8 Å². The lowest BCUT2D eigenvalue weighted by molar-refractivity contribution is -0.139. The number of hydrogen-bond donors (Lipinski definition) is 2. The van der Waals surface area contributed by atoms with Crippen LogP contribution in [0.4, 0.5) is 5.69 Å². The molecule has 3 atom stereocenters. The number of carbonyl (C=O) groups is 3. The smallest absolute Gasteiger partial charge is 0.241 e. The van der Waals surface area contributed by atoms with Crippen LogP contribution in [0.15, 0.2) is 24.3 Å². The number of anilines is 1. The summed E-state index contributed by atoms with van der Waals surface area (Å²) < 4.78 is 0. The first-order chi connectivity index (χ1) is 12.6. The monoisotopic (exact) mass is 391 g/mol. The minimum absolute atomic E-state index is 0. The Labute approximate surface area is 165 Å². The fourth-order valence-electron chi connectivity index (χ4n) is 4.49. The second-order valence-electron chi connectivity index (χ2n) is 7.63. The summed E-state index contributed by atoms with van der Waals surface area (Å²) in [5.74, 6) is 0.302. The summed E-state index contributed by atoms with van der Waals surface area (Å²) >= 11 is 0. The SMILES string of the molecule is Cl.O=C(Nc1ccccc1CN1C(=O)CCC1=O)C1CC2CCCCC2N1. The summed E-state index contributed by atoms with van der Waals surface area (Å²) in [6, 6.07) is 7.71. The Bertz CT molecular complexity index is 709. The molecule has 2 N–H and O–H groups in total. The molecule has 27 heavy (non-hydrogen) atoms. The zero-order valence-electron chi connectivity index (χ0n) is 15.3. The first-order valence-corrected chi connectivity index (χ1v) is 9.60. The molecule has 0 aromatic heterocycles. The van der Waals surface area contributed by atoms with Crippen molar-refractivity contribution in [1.82, 2.24) is 10.2 Å². The van der Waals surface area contributed by atoms with Crippen molar-refractivity contribution in [2.24, 2.45) is 5.92 Å². The van der Waals surface area contributed by atoms with E-state index in [1.165, 1.54) is 24.2 Å².